The van der Waals surface area contributed by atoms with Crippen molar-refractivity contribution in [3.63, 3.8) is 0 Å². The summed E-state index contributed by atoms with van der Waals surface area (Å²) in [4.78, 5) is 2.19. The Hall–Kier alpha value is -0.490. The topological polar surface area (TPSA) is 29.3 Å². The minimum Gasteiger partial charge on any atom is -0.330 e. The van der Waals surface area contributed by atoms with Crippen molar-refractivity contribution in [1.82, 2.24) is 4.90 Å². The third-order valence-corrected chi connectivity index (χ3v) is 4.09. The van der Waals surface area contributed by atoms with Gasteiger partial charge in [-0.05, 0) is 62.0 Å². The molecular formula is C15H21Cl2F3N2. The maximum absolute atomic E-state index is 12.8. The second-order valence-corrected chi connectivity index (χ2v) is 6.10. The molecule has 126 valence electrons. The van der Waals surface area contributed by atoms with Crippen molar-refractivity contribution < 1.29 is 13.2 Å². The number of nitrogens with two attached hydrogens (primary N) is 1. The lowest BCUT2D eigenvalue weighted by Crippen LogP contribution is -2.35. The number of hydrogen-bond donors (Lipinski definition) is 1. The zero-order valence-corrected chi connectivity index (χ0v) is 13.8. The minimum absolute atomic E-state index is 0. The van der Waals surface area contributed by atoms with Crippen molar-refractivity contribution >= 4 is 24.0 Å². The van der Waals surface area contributed by atoms with E-state index in [-0.39, 0.29) is 17.4 Å². The number of alkyl halides is 3. The molecule has 1 unspecified atom stereocenters. The number of piperidine rings is 1. The van der Waals surface area contributed by atoms with E-state index in [0.717, 1.165) is 38.4 Å². The molecule has 7 heteroatoms. The van der Waals surface area contributed by atoms with E-state index in [1.54, 1.807) is 6.07 Å². The molecule has 0 amide bonds. The first kappa shape index (κ1) is 19.6. The number of benzene rings is 1. The maximum Gasteiger partial charge on any atom is 0.416 e. The highest BCUT2D eigenvalue weighted by atomic mass is 35.5. The molecule has 1 atom stereocenters. The van der Waals surface area contributed by atoms with Crippen molar-refractivity contribution in [3.8, 4) is 0 Å². The van der Waals surface area contributed by atoms with Gasteiger partial charge in [-0.25, -0.2) is 0 Å². The predicted octanol–water partition coefficient (Wildman–Crippen LogP) is 4.34. The van der Waals surface area contributed by atoms with Gasteiger partial charge in [0.25, 0.3) is 0 Å². The molecule has 1 fully saturated rings. The number of likely N-dealkylation sites (tertiary alicyclic amines) is 1. The Labute approximate surface area is 140 Å². The van der Waals surface area contributed by atoms with Crippen LogP contribution in [0.5, 0.6) is 0 Å². The van der Waals surface area contributed by atoms with Crippen LogP contribution in [0.4, 0.5) is 13.2 Å². The van der Waals surface area contributed by atoms with Gasteiger partial charge in [-0.15, -0.1) is 12.4 Å². The molecule has 1 aliphatic rings. The first-order valence-electron chi connectivity index (χ1n) is 7.17. The standard InChI is InChI=1S/C15H20ClF3N2.ClH/c16-14-7-12(6-13(8-14)15(17,18)19)10-21-5-1-2-11(9-21)3-4-20;/h6-8,11H,1-5,9-10,20H2;1H. The monoisotopic (exact) mass is 356 g/mol. The van der Waals surface area contributed by atoms with Gasteiger partial charge in [-0.1, -0.05) is 11.6 Å². The third kappa shape index (κ3) is 5.61. The molecule has 2 rings (SSSR count). The smallest absolute Gasteiger partial charge is 0.330 e. The van der Waals surface area contributed by atoms with Crippen molar-refractivity contribution in [1.29, 1.82) is 0 Å². The molecule has 1 aromatic carbocycles. The van der Waals surface area contributed by atoms with E-state index in [9.17, 15) is 13.2 Å². The largest absolute Gasteiger partial charge is 0.416 e. The van der Waals surface area contributed by atoms with E-state index < -0.39 is 11.7 Å². The molecule has 1 aliphatic heterocycles. The summed E-state index contributed by atoms with van der Waals surface area (Å²) in [5, 5.41) is 0.135. The summed E-state index contributed by atoms with van der Waals surface area (Å²) in [7, 11) is 0. The zero-order chi connectivity index (χ0) is 15.5. The normalized spacial score (nSPS) is 19.8. The van der Waals surface area contributed by atoms with Crippen molar-refractivity contribution in [2.24, 2.45) is 11.7 Å². The molecule has 0 bridgehead atoms. The SMILES string of the molecule is Cl.NCCC1CCCN(Cc2cc(Cl)cc(C(F)(F)F)c2)C1. The van der Waals surface area contributed by atoms with E-state index in [2.05, 4.69) is 4.90 Å². The lowest BCUT2D eigenvalue weighted by atomic mass is 9.94. The first-order chi connectivity index (χ1) is 9.88. The number of halogens is 5. The molecule has 1 heterocycles. The highest BCUT2D eigenvalue weighted by Gasteiger charge is 2.31. The minimum atomic E-state index is -4.36. The van der Waals surface area contributed by atoms with Crippen molar-refractivity contribution in [2.45, 2.75) is 32.0 Å². The van der Waals surface area contributed by atoms with E-state index in [0.29, 0.717) is 24.6 Å². The molecule has 2 nitrogen and oxygen atoms in total. The Bertz CT molecular complexity index is 478. The summed E-state index contributed by atoms with van der Waals surface area (Å²) in [6, 6.07) is 3.78. The van der Waals surface area contributed by atoms with E-state index in [1.807, 2.05) is 0 Å². The van der Waals surface area contributed by atoms with Gasteiger partial charge >= 0.3 is 6.18 Å². The summed E-state index contributed by atoms with van der Waals surface area (Å²) in [6.45, 7) is 2.97. The van der Waals surface area contributed by atoms with Gasteiger partial charge in [-0.3, -0.25) is 4.90 Å². The highest BCUT2D eigenvalue weighted by molar-refractivity contribution is 6.30. The molecule has 1 saturated heterocycles. The Morgan fingerprint density at radius 2 is 2.00 bits per heavy atom. The molecule has 0 radical (unpaired) electrons. The maximum atomic E-state index is 12.8. The van der Waals surface area contributed by atoms with Crippen LogP contribution in [0, 0.1) is 5.92 Å². The molecule has 1 aromatic rings. The number of hydrogen-bond acceptors (Lipinski definition) is 2. The fourth-order valence-corrected chi connectivity index (χ4v) is 3.19. The van der Waals surface area contributed by atoms with Crippen LogP contribution in [-0.4, -0.2) is 24.5 Å². The van der Waals surface area contributed by atoms with Crippen LogP contribution >= 0.6 is 24.0 Å². The Morgan fingerprint density at radius 1 is 1.27 bits per heavy atom. The van der Waals surface area contributed by atoms with Crippen LogP contribution in [0.25, 0.3) is 0 Å². The summed E-state index contributed by atoms with van der Waals surface area (Å²) in [6.07, 6.45) is -1.17. The van der Waals surface area contributed by atoms with Crippen LogP contribution in [-0.2, 0) is 12.7 Å². The molecular weight excluding hydrogens is 336 g/mol. The second kappa shape index (κ2) is 8.39. The van der Waals surface area contributed by atoms with Gasteiger partial charge in [0, 0.05) is 18.1 Å². The van der Waals surface area contributed by atoms with Gasteiger partial charge in [0.1, 0.15) is 0 Å². The average molecular weight is 357 g/mol. The molecule has 22 heavy (non-hydrogen) atoms. The summed E-state index contributed by atoms with van der Waals surface area (Å²) in [5.74, 6) is 0.546. The Morgan fingerprint density at radius 3 is 2.64 bits per heavy atom. The van der Waals surface area contributed by atoms with E-state index >= 15 is 0 Å². The average Bonchev–Trinajstić information content (AvgIpc) is 2.38. The molecule has 0 saturated carbocycles. The molecule has 0 spiro atoms. The lowest BCUT2D eigenvalue weighted by molar-refractivity contribution is -0.137. The van der Waals surface area contributed by atoms with Gasteiger partial charge in [0.15, 0.2) is 0 Å². The fourth-order valence-electron chi connectivity index (χ4n) is 2.93. The van der Waals surface area contributed by atoms with Crippen molar-refractivity contribution in [3.05, 3.63) is 34.3 Å². The number of nitrogens with zero attached hydrogens (tertiary/aromatic N) is 1. The van der Waals surface area contributed by atoms with Crippen molar-refractivity contribution in [2.75, 3.05) is 19.6 Å². The van der Waals surface area contributed by atoms with Crippen LogP contribution in [0.2, 0.25) is 5.02 Å². The van der Waals surface area contributed by atoms with Gasteiger partial charge < -0.3 is 5.73 Å². The first-order valence-corrected chi connectivity index (χ1v) is 7.55. The zero-order valence-electron chi connectivity index (χ0n) is 12.2. The summed E-state index contributed by atoms with van der Waals surface area (Å²) in [5.41, 5.74) is 5.52. The van der Waals surface area contributed by atoms with Gasteiger partial charge in [-0.2, -0.15) is 13.2 Å². The summed E-state index contributed by atoms with van der Waals surface area (Å²) < 4.78 is 38.4. The Balaban J connectivity index is 0.00000242. The number of rotatable bonds is 4. The molecule has 0 aromatic heterocycles. The van der Waals surface area contributed by atoms with E-state index in [4.69, 9.17) is 17.3 Å². The molecule has 2 N–H and O–H groups in total. The predicted molar refractivity (Wildman–Crippen MR) is 85.4 cm³/mol. The van der Waals surface area contributed by atoms with Crippen LogP contribution in [0.15, 0.2) is 18.2 Å². The van der Waals surface area contributed by atoms with Gasteiger partial charge in [0.2, 0.25) is 0 Å². The summed E-state index contributed by atoms with van der Waals surface area (Å²) >= 11 is 5.82. The fraction of sp³-hybridized carbons (Fsp3) is 0.600. The van der Waals surface area contributed by atoms with Gasteiger partial charge in [0.05, 0.1) is 5.56 Å². The lowest BCUT2D eigenvalue weighted by Gasteiger charge is -2.32. The van der Waals surface area contributed by atoms with Crippen LogP contribution < -0.4 is 5.73 Å². The van der Waals surface area contributed by atoms with Crippen LogP contribution in [0.3, 0.4) is 0 Å². The van der Waals surface area contributed by atoms with Crippen LogP contribution in [0.1, 0.15) is 30.4 Å². The Kier molecular flexibility index (Phi) is 7.46. The second-order valence-electron chi connectivity index (χ2n) is 5.67. The highest BCUT2D eigenvalue weighted by Crippen LogP contribution is 2.32. The third-order valence-electron chi connectivity index (χ3n) is 3.87. The molecule has 0 aliphatic carbocycles. The quantitative estimate of drug-likeness (QED) is 0.869. The van der Waals surface area contributed by atoms with E-state index in [1.165, 1.54) is 6.07 Å².